The average Bonchev–Trinajstić information content (AvgIpc) is 1.90. The third-order valence-electron chi connectivity index (χ3n) is 0.878. The van der Waals surface area contributed by atoms with Gasteiger partial charge in [0, 0.05) is 21.1 Å². The molecule has 1 aliphatic rings. The van der Waals surface area contributed by atoms with Crippen LogP contribution in [0.1, 0.15) is 6.42 Å². The quantitative estimate of drug-likeness (QED) is 0.635. The van der Waals surface area contributed by atoms with Crippen LogP contribution < -0.4 is 0 Å². The Morgan fingerprint density at radius 3 is 1.75 bits per heavy atom. The monoisotopic (exact) mass is 276 g/mol. The maximum Gasteiger partial charge on any atom is 0 e. The molecule has 0 atom stereocenters. The third-order valence-corrected chi connectivity index (χ3v) is 0.878. The minimum atomic E-state index is 0. The Kier molecular flexibility index (Phi) is 5.00. The van der Waals surface area contributed by atoms with E-state index in [1.54, 1.807) is 0 Å². The first-order valence-electron chi connectivity index (χ1n) is 2.48. The van der Waals surface area contributed by atoms with Crippen LogP contribution in [-0.4, -0.2) is 0 Å². The van der Waals surface area contributed by atoms with Crippen LogP contribution in [0, 0.1) is 0 Å². The van der Waals surface area contributed by atoms with Gasteiger partial charge in [-0.25, -0.2) is 0 Å². The van der Waals surface area contributed by atoms with E-state index in [-0.39, 0.29) is 21.1 Å². The first kappa shape index (κ1) is 7.91. The SMILES string of the molecule is C1=CC=CCC=C1.[W]. The van der Waals surface area contributed by atoms with E-state index in [4.69, 9.17) is 0 Å². The maximum absolute atomic E-state index is 2.12. The summed E-state index contributed by atoms with van der Waals surface area (Å²) < 4.78 is 0. The molecule has 1 aliphatic carbocycles. The van der Waals surface area contributed by atoms with Gasteiger partial charge in [-0.1, -0.05) is 36.5 Å². The summed E-state index contributed by atoms with van der Waals surface area (Å²) in [5, 5.41) is 0. The molecule has 1 rings (SSSR count). The second-order valence-corrected chi connectivity index (χ2v) is 1.48. The van der Waals surface area contributed by atoms with Gasteiger partial charge in [0.25, 0.3) is 0 Å². The van der Waals surface area contributed by atoms with Gasteiger partial charge in [0.05, 0.1) is 0 Å². The summed E-state index contributed by atoms with van der Waals surface area (Å²) in [6, 6.07) is 0. The molecule has 1 heteroatoms. The van der Waals surface area contributed by atoms with E-state index >= 15 is 0 Å². The molecule has 0 radical (unpaired) electrons. The molecule has 0 spiro atoms. The van der Waals surface area contributed by atoms with Crippen molar-refractivity contribution in [3.05, 3.63) is 36.5 Å². The van der Waals surface area contributed by atoms with Crippen LogP contribution in [0.25, 0.3) is 0 Å². The van der Waals surface area contributed by atoms with Crippen molar-refractivity contribution in [1.29, 1.82) is 0 Å². The van der Waals surface area contributed by atoms with Gasteiger partial charge in [0.1, 0.15) is 0 Å². The van der Waals surface area contributed by atoms with Gasteiger partial charge < -0.3 is 0 Å². The second-order valence-electron chi connectivity index (χ2n) is 1.48. The van der Waals surface area contributed by atoms with E-state index in [0.717, 1.165) is 6.42 Å². The minimum Gasteiger partial charge on any atom is -0.0807 e. The standard InChI is InChI=1S/C7H8.W/c1-2-4-6-7-5-3-1;/h1-6H,7H2;. The number of allylic oxidation sites excluding steroid dienone is 6. The zero-order valence-electron chi connectivity index (χ0n) is 4.58. The van der Waals surface area contributed by atoms with Gasteiger partial charge in [-0.2, -0.15) is 0 Å². The smallest absolute Gasteiger partial charge is 0 e. The molecule has 0 amide bonds. The summed E-state index contributed by atoms with van der Waals surface area (Å²) in [6.45, 7) is 0. The van der Waals surface area contributed by atoms with E-state index in [9.17, 15) is 0 Å². The Labute approximate surface area is 64.2 Å². The van der Waals surface area contributed by atoms with Crippen molar-refractivity contribution in [3.63, 3.8) is 0 Å². The van der Waals surface area contributed by atoms with Crippen LogP contribution >= 0.6 is 0 Å². The topological polar surface area (TPSA) is 0 Å². The first-order chi connectivity index (χ1) is 3.50. The van der Waals surface area contributed by atoms with Crippen LogP contribution in [0.4, 0.5) is 0 Å². The molecular formula is C7H8W. The molecule has 0 saturated carbocycles. The van der Waals surface area contributed by atoms with Crippen LogP contribution in [0.5, 0.6) is 0 Å². The third kappa shape index (κ3) is 2.98. The Morgan fingerprint density at radius 2 is 1.25 bits per heavy atom. The number of hydrogen-bond donors (Lipinski definition) is 0. The Balaban J connectivity index is 0.000000490. The Morgan fingerprint density at radius 1 is 0.750 bits per heavy atom. The largest absolute Gasteiger partial charge is 0.0807 e. The predicted octanol–water partition coefficient (Wildman–Crippen LogP) is 2.06. The van der Waals surface area contributed by atoms with Gasteiger partial charge in [0.2, 0.25) is 0 Å². The molecule has 0 aliphatic heterocycles. The first-order valence-corrected chi connectivity index (χ1v) is 2.48. The molecular weight excluding hydrogens is 268 g/mol. The fourth-order valence-corrected chi connectivity index (χ4v) is 0.521. The molecule has 0 N–H and O–H groups in total. The molecule has 0 aromatic carbocycles. The second kappa shape index (κ2) is 5.05. The zero-order chi connectivity index (χ0) is 4.95. The fourth-order valence-electron chi connectivity index (χ4n) is 0.521. The van der Waals surface area contributed by atoms with Crippen molar-refractivity contribution < 1.29 is 21.1 Å². The molecule has 8 heavy (non-hydrogen) atoms. The molecule has 0 nitrogen and oxygen atoms in total. The van der Waals surface area contributed by atoms with Crippen molar-refractivity contribution in [2.24, 2.45) is 0 Å². The summed E-state index contributed by atoms with van der Waals surface area (Å²) in [6.07, 6.45) is 13.5. The van der Waals surface area contributed by atoms with Gasteiger partial charge in [-0.15, -0.1) is 0 Å². The number of rotatable bonds is 0. The average molecular weight is 276 g/mol. The zero-order valence-corrected chi connectivity index (χ0v) is 7.51. The fraction of sp³-hybridized carbons (Fsp3) is 0.143. The maximum atomic E-state index is 2.12. The Bertz CT molecular complexity index is 106. The van der Waals surface area contributed by atoms with Gasteiger partial charge in [0.15, 0.2) is 0 Å². The van der Waals surface area contributed by atoms with Gasteiger partial charge >= 0.3 is 0 Å². The molecule has 0 heterocycles. The van der Waals surface area contributed by atoms with E-state index in [1.807, 2.05) is 12.2 Å². The molecule has 0 aromatic heterocycles. The van der Waals surface area contributed by atoms with Crippen molar-refractivity contribution in [3.8, 4) is 0 Å². The van der Waals surface area contributed by atoms with Crippen molar-refractivity contribution in [2.45, 2.75) is 6.42 Å². The summed E-state index contributed by atoms with van der Waals surface area (Å²) >= 11 is 0. The minimum absolute atomic E-state index is 0. The van der Waals surface area contributed by atoms with Crippen LogP contribution in [0.3, 0.4) is 0 Å². The molecule has 0 aromatic rings. The van der Waals surface area contributed by atoms with E-state index in [0.29, 0.717) is 0 Å². The summed E-state index contributed by atoms with van der Waals surface area (Å²) in [5.41, 5.74) is 0. The predicted molar refractivity (Wildman–Crippen MR) is 32.0 cm³/mol. The summed E-state index contributed by atoms with van der Waals surface area (Å²) in [7, 11) is 0. The molecule has 0 bridgehead atoms. The number of hydrogen-bond acceptors (Lipinski definition) is 0. The van der Waals surface area contributed by atoms with E-state index < -0.39 is 0 Å². The molecule has 0 unspecified atom stereocenters. The van der Waals surface area contributed by atoms with Crippen LogP contribution in [-0.2, 0) is 21.1 Å². The van der Waals surface area contributed by atoms with E-state index in [2.05, 4.69) is 24.3 Å². The molecule has 0 fully saturated rings. The van der Waals surface area contributed by atoms with Gasteiger partial charge in [-0.05, 0) is 6.42 Å². The normalized spacial score (nSPS) is 15.0. The van der Waals surface area contributed by atoms with Crippen molar-refractivity contribution in [1.82, 2.24) is 0 Å². The van der Waals surface area contributed by atoms with Gasteiger partial charge in [-0.3, -0.25) is 0 Å². The van der Waals surface area contributed by atoms with E-state index in [1.165, 1.54) is 0 Å². The summed E-state index contributed by atoms with van der Waals surface area (Å²) in [5.74, 6) is 0. The van der Waals surface area contributed by atoms with Crippen molar-refractivity contribution in [2.75, 3.05) is 0 Å². The molecule has 0 saturated heterocycles. The molecule has 42 valence electrons. The summed E-state index contributed by atoms with van der Waals surface area (Å²) in [4.78, 5) is 0. The van der Waals surface area contributed by atoms with Crippen LogP contribution in [0.2, 0.25) is 0 Å². The van der Waals surface area contributed by atoms with Crippen LogP contribution in [0.15, 0.2) is 36.5 Å². The van der Waals surface area contributed by atoms with Crippen molar-refractivity contribution >= 4 is 0 Å². The Hall–Kier alpha value is -0.0917.